The molecule has 0 aromatic rings. The lowest BCUT2D eigenvalue weighted by Crippen LogP contribution is -2.39. The molecule has 1 atom stereocenters. The number of hydrogen-bond donors (Lipinski definition) is 2. The monoisotopic (exact) mass is 231 g/mol. The van der Waals surface area contributed by atoms with Gasteiger partial charge in [0, 0.05) is 38.8 Å². The standard InChI is InChI=1S/C13H29NO2/c1-6-13(4,11-15)10-14-9-12(2,3)7-8-16-5/h14-15H,6-11H2,1-5H3. The fourth-order valence-electron chi connectivity index (χ4n) is 1.46. The van der Waals surface area contributed by atoms with E-state index in [0.717, 1.165) is 32.5 Å². The van der Waals surface area contributed by atoms with E-state index in [4.69, 9.17) is 4.74 Å². The number of aliphatic hydroxyl groups is 1. The molecule has 1 unspecified atom stereocenters. The third-order valence-electron chi connectivity index (χ3n) is 3.37. The highest BCUT2D eigenvalue weighted by Gasteiger charge is 2.23. The van der Waals surface area contributed by atoms with Crippen LogP contribution in [0.3, 0.4) is 0 Å². The molecule has 0 saturated carbocycles. The van der Waals surface area contributed by atoms with Gasteiger partial charge in [-0.15, -0.1) is 0 Å². The normalized spacial score (nSPS) is 16.1. The summed E-state index contributed by atoms with van der Waals surface area (Å²) in [5.41, 5.74) is 0.261. The number of aliphatic hydroxyl groups excluding tert-OH is 1. The molecule has 0 aromatic carbocycles. The molecule has 0 bridgehead atoms. The van der Waals surface area contributed by atoms with Crippen LogP contribution < -0.4 is 5.32 Å². The number of ether oxygens (including phenoxy) is 1. The largest absolute Gasteiger partial charge is 0.396 e. The van der Waals surface area contributed by atoms with E-state index in [-0.39, 0.29) is 17.4 Å². The lowest BCUT2D eigenvalue weighted by atomic mass is 9.86. The first-order valence-electron chi connectivity index (χ1n) is 6.20. The van der Waals surface area contributed by atoms with Crippen molar-refractivity contribution in [3.63, 3.8) is 0 Å². The van der Waals surface area contributed by atoms with Gasteiger partial charge >= 0.3 is 0 Å². The summed E-state index contributed by atoms with van der Waals surface area (Å²) in [6, 6.07) is 0. The molecule has 0 aliphatic heterocycles. The van der Waals surface area contributed by atoms with E-state index in [1.54, 1.807) is 7.11 Å². The molecule has 0 spiro atoms. The first-order chi connectivity index (χ1) is 7.39. The minimum atomic E-state index is 0.0112. The first-order valence-corrected chi connectivity index (χ1v) is 6.20. The maximum Gasteiger partial charge on any atom is 0.0496 e. The molecular formula is C13H29NO2. The van der Waals surface area contributed by atoms with Crippen LogP contribution >= 0.6 is 0 Å². The van der Waals surface area contributed by atoms with Gasteiger partial charge in [-0.2, -0.15) is 0 Å². The van der Waals surface area contributed by atoms with E-state index in [9.17, 15) is 5.11 Å². The van der Waals surface area contributed by atoms with Gasteiger partial charge in [0.25, 0.3) is 0 Å². The maximum atomic E-state index is 9.30. The molecule has 0 heterocycles. The maximum absolute atomic E-state index is 9.30. The van der Waals surface area contributed by atoms with Crippen LogP contribution in [0.5, 0.6) is 0 Å². The van der Waals surface area contributed by atoms with E-state index in [2.05, 4.69) is 33.0 Å². The zero-order chi connectivity index (χ0) is 12.7. The average molecular weight is 231 g/mol. The Balaban J connectivity index is 3.87. The summed E-state index contributed by atoms with van der Waals surface area (Å²) in [4.78, 5) is 0. The van der Waals surface area contributed by atoms with Crippen molar-refractivity contribution in [2.24, 2.45) is 10.8 Å². The second-order valence-electron chi connectivity index (χ2n) is 5.83. The van der Waals surface area contributed by atoms with Crippen molar-refractivity contribution < 1.29 is 9.84 Å². The molecule has 0 aliphatic carbocycles. The zero-order valence-corrected chi connectivity index (χ0v) is 11.6. The molecule has 98 valence electrons. The van der Waals surface area contributed by atoms with Crippen LogP contribution in [0.4, 0.5) is 0 Å². The summed E-state index contributed by atoms with van der Waals surface area (Å²) in [5.74, 6) is 0. The predicted molar refractivity (Wildman–Crippen MR) is 68.6 cm³/mol. The van der Waals surface area contributed by atoms with Gasteiger partial charge in [0.05, 0.1) is 0 Å². The van der Waals surface area contributed by atoms with Crippen LogP contribution in [0.2, 0.25) is 0 Å². The third kappa shape index (κ3) is 6.46. The van der Waals surface area contributed by atoms with Gasteiger partial charge in [0.1, 0.15) is 0 Å². The van der Waals surface area contributed by atoms with Gasteiger partial charge in [-0.3, -0.25) is 0 Å². The summed E-state index contributed by atoms with van der Waals surface area (Å²) >= 11 is 0. The Bertz CT molecular complexity index is 177. The van der Waals surface area contributed by atoms with Crippen molar-refractivity contribution in [1.29, 1.82) is 0 Å². The topological polar surface area (TPSA) is 41.5 Å². The van der Waals surface area contributed by atoms with Crippen molar-refractivity contribution in [3.05, 3.63) is 0 Å². The highest BCUT2D eigenvalue weighted by atomic mass is 16.5. The lowest BCUT2D eigenvalue weighted by Gasteiger charge is -2.30. The predicted octanol–water partition coefficient (Wildman–Crippen LogP) is 2.05. The van der Waals surface area contributed by atoms with Gasteiger partial charge in [-0.1, -0.05) is 27.7 Å². The molecule has 2 N–H and O–H groups in total. The van der Waals surface area contributed by atoms with Crippen LogP contribution in [-0.4, -0.2) is 38.5 Å². The van der Waals surface area contributed by atoms with Gasteiger partial charge < -0.3 is 15.2 Å². The average Bonchev–Trinajstić information content (AvgIpc) is 2.26. The molecule has 0 aromatic heterocycles. The number of methoxy groups -OCH3 is 1. The number of rotatable bonds is 9. The molecule has 0 aliphatic rings. The van der Waals surface area contributed by atoms with E-state index in [1.165, 1.54) is 0 Å². The van der Waals surface area contributed by atoms with Gasteiger partial charge in [0.15, 0.2) is 0 Å². The SMILES string of the molecule is CCC(C)(CO)CNCC(C)(C)CCOC. The molecular weight excluding hydrogens is 202 g/mol. The molecule has 0 rings (SSSR count). The summed E-state index contributed by atoms with van der Waals surface area (Å²) in [6.45, 7) is 11.6. The number of hydrogen-bond acceptors (Lipinski definition) is 3. The molecule has 0 saturated heterocycles. The van der Waals surface area contributed by atoms with Crippen molar-refractivity contribution in [2.45, 2.75) is 40.5 Å². The van der Waals surface area contributed by atoms with E-state index < -0.39 is 0 Å². The summed E-state index contributed by atoms with van der Waals surface area (Å²) in [5, 5.41) is 12.8. The molecule has 16 heavy (non-hydrogen) atoms. The van der Waals surface area contributed by atoms with Crippen molar-refractivity contribution in [1.82, 2.24) is 5.32 Å². The second-order valence-corrected chi connectivity index (χ2v) is 5.83. The highest BCUT2D eigenvalue weighted by molar-refractivity contribution is 4.77. The molecule has 3 heteroatoms. The fourth-order valence-corrected chi connectivity index (χ4v) is 1.46. The van der Waals surface area contributed by atoms with E-state index in [0.29, 0.717) is 0 Å². The second kappa shape index (κ2) is 7.25. The van der Waals surface area contributed by atoms with E-state index >= 15 is 0 Å². The Morgan fingerprint density at radius 1 is 1.19 bits per heavy atom. The minimum Gasteiger partial charge on any atom is -0.396 e. The molecule has 0 radical (unpaired) electrons. The first kappa shape index (κ1) is 15.9. The third-order valence-corrected chi connectivity index (χ3v) is 3.37. The Labute approximate surface area is 101 Å². The van der Waals surface area contributed by atoms with Gasteiger partial charge in [0.2, 0.25) is 0 Å². The van der Waals surface area contributed by atoms with Crippen molar-refractivity contribution in [2.75, 3.05) is 33.4 Å². The summed E-state index contributed by atoms with van der Waals surface area (Å²) in [7, 11) is 1.74. The van der Waals surface area contributed by atoms with Gasteiger partial charge in [-0.25, -0.2) is 0 Å². The van der Waals surface area contributed by atoms with Crippen molar-refractivity contribution in [3.8, 4) is 0 Å². The quantitative estimate of drug-likeness (QED) is 0.638. The smallest absolute Gasteiger partial charge is 0.0496 e. The van der Waals surface area contributed by atoms with Crippen LogP contribution in [0.1, 0.15) is 40.5 Å². The van der Waals surface area contributed by atoms with Crippen LogP contribution in [0.25, 0.3) is 0 Å². The molecule has 3 nitrogen and oxygen atoms in total. The Morgan fingerprint density at radius 2 is 1.81 bits per heavy atom. The minimum absolute atomic E-state index is 0.0112. The molecule has 0 amide bonds. The van der Waals surface area contributed by atoms with Gasteiger partial charge in [-0.05, 0) is 18.3 Å². The highest BCUT2D eigenvalue weighted by Crippen LogP contribution is 2.21. The lowest BCUT2D eigenvalue weighted by molar-refractivity contribution is 0.123. The Kier molecular flexibility index (Phi) is 7.20. The summed E-state index contributed by atoms with van der Waals surface area (Å²) < 4.78 is 5.10. The van der Waals surface area contributed by atoms with E-state index in [1.807, 2.05) is 0 Å². The zero-order valence-electron chi connectivity index (χ0n) is 11.6. The summed E-state index contributed by atoms with van der Waals surface area (Å²) in [6.07, 6.45) is 2.05. The van der Waals surface area contributed by atoms with Crippen LogP contribution in [0.15, 0.2) is 0 Å². The fraction of sp³-hybridized carbons (Fsp3) is 1.00. The van der Waals surface area contributed by atoms with Crippen LogP contribution in [0, 0.1) is 10.8 Å². The number of nitrogens with one attached hydrogen (secondary N) is 1. The van der Waals surface area contributed by atoms with Crippen LogP contribution in [-0.2, 0) is 4.74 Å². The van der Waals surface area contributed by atoms with Crippen molar-refractivity contribution >= 4 is 0 Å². The Hall–Kier alpha value is -0.120. The Morgan fingerprint density at radius 3 is 2.25 bits per heavy atom. The molecule has 0 fully saturated rings.